The molecule has 6 heteroatoms. The number of carbonyl (C=O) groups is 1. The molecular formula is C15H21N3O3. The third-order valence-electron chi connectivity index (χ3n) is 4.07. The largest absolute Gasteiger partial charge is 0.324 e. The summed E-state index contributed by atoms with van der Waals surface area (Å²) in [6, 6.07) is 5.79. The molecule has 1 amide bonds. The monoisotopic (exact) mass is 291 g/mol. The van der Waals surface area contributed by atoms with E-state index in [1.165, 1.54) is 12.1 Å². The molecule has 21 heavy (non-hydrogen) atoms. The lowest BCUT2D eigenvalue weighted by molar-refractivity contribution is -0.384. The number of carbonyl (C=O) groups excluding carboxylic acids is 1. The maximum atomic E-state index is 12.3. The maximum Gasteiger partial charge on any atom is 0.271 e. The number of non-ortho nitro benzene ring substituents is 1. The zero-order chi connectivity index (χ0) is 15.4. The molecule has 114 valence electrons. The van der Waals surface area contributed by atoms with Gasteiger partial charge in [0.1, 0.15) is 0 Å². The minimum atomic E-state index is -0.467. The fourth-order valence-electron chi connectivity index (χ4n) is 2.53. The Morgan fingerprint density at radius 1 is 1.43 bits per heavy atom. The average Bonchev–Trinajstić information content (AvgIpc) is 2.47. The van der Waals surface area contributed by atoms with Crippen LogP contribution in [0.2, 0.25) is 0 Å². The predicted octanol–water partition coefficient (Wildman–Crippen LogP) is 2.65. The summed E-state index contributed by atoms with van der Waals surface area (Å²) in [7, 11) is 0. The zero-order valence-electron chi connectivity index (χ0n) is 12.4. The van der Waals surface area contributed by atoms with Gasteiger partial charge >= 0.3 is 0 Å². The Morgan fingerprint density at radius 3 is 2.71 bits per heavy atom. The molecule has 1 heterocycles. The van der Waals surface area contributed by atoms with Crippen LogP contribution in [0.5, 0.6) is 0 Å². The van der Waals surface area contributed by atoms with E-state index >= 15 is 0 Å². The molecule has 2 rings (SSSR count). The number of nitrogens with one attached hydrogen (secondary N) is 1. The molecule has 1 aromatic carbocycles. The molecule has 0 spiro atoms. The third-order valence-corrected chi connectivity index (χ3v) is 4.07. The summed E-state index contributed by atoms with van der Waals surface area (Å²) in [5.74, 6) is 0.596. The van der Waals surface area contributed by atoms with Crippen molar-refractivity contribution in [2.45, 2.75) is 32.7 Å². The number of piperidine rings is 1. The summed E-state index contributed by atoms with van der Waals surface area (Å²) in [6.45, 7) is 5.95. The Morgan fingerprint density at radius 2 is 2.10 bits per heavy atom. The molecule has 0 bridgehead atoms. The van der Waals surface area contributed by atoms with Gasteiger partial charge in [0, 0.05) is 17.8 Å². The number of anilines is 1. The first kappa shape index (κ1) is 15.4. The second-order valence-corrected chi connectivity index (χ2v) is 5.69. The van der Waals surface area contributed by atoms with Crippen LogP contribution in [0.1, 0.15) is 26.7 Å². The van der Waals surface area contributed by atoms with Crippen LogP contribution in [0, 0.1) is 16.0 Å². The van der Waals surface area contributed by atoms with Crippen molar-refractivity contribution in [1.29, 1.82) is 0 Å². The molecule has 1 unspecified atom stereocenters. The molecular weight excluding hydrogens is 270 g/mol. The van der Waals surface area contributed by atoms with Crippen molar-refractivity contribution in [3.05, 3.63) is 34.4 Å². The second kappa shape index (κ2) is 6.67. The van der Waals surface area contributed by atoms with E-state index < -0.39 is 4.92 Å². The SMILES string of the molecule is CC1CCN(C(C)C(=O)Nc2cccc([N+](=O)[O-])c2)CC1. The second-order valence-electron chi connectivity index (χ2n) is 5.69. The van der Waals surface area contributed by atoms with Gasteiger partial charge in [-0.1, -0.05) is 13.0 Å². The Balaban J connectivity index is 1.97. The van der Waals surface area contributed by atoms with E-state index in [1.807, 2.05) is 6.92 Å². The Bertz CT molecular complexity index is 525. The molecule has 1 aliphatic heterocycles. The van der Waals surface area contributed by atoms with Gasteiger partial charge in [0.2, 0.25) is 5.91 Å². The maximum absolute atomic E-state index is 12.3. The number of rotatable bonds is 4. The summed E-state index contributed by atoms with van der Waals surface area (Å²) in [6.07, 6.45) is 2.21. The molecule has 0 radical (unpaired) electrons. The topological polar surface area (TPSA) is 75.5 Å². The van der Waals surface area contributed by atoms with Gasteiger partial charge in [-0.15, -0.1) is 0 Å². The van der Waals surface area contributed by atoms with E-state index in [2.05, 4.69) is 17.1 Å². The number of likely N-dealkylation sites (tertiary alicyclic amines) is 1. The van der Waals surface area contributed by atoms with Gasteiger partial charge in [0.05, 0.1) is 11.0 Å². The minimum absolute atomic E-state index is 0.0211. The van der Waals surface area contributed by atoms with Gasteiger partial charge in [0.15, 0.2) is 0 Å². The molecule has 1 fully saturated rings. The Labute approximate surface area is 124 Å². The number of hydrogen-bond acceptors (Lipinski definition) is 4. The van der Waals surface area contributed by atoms with Crippen molar-refractivity contribution >= 4 is 17.3 Å². The number of nitro groups is 1. The fraction of sp³-hybridized carbons (Fsp3) is 0.533. The van der Waals surface area contributed by atoms with Crippen LogP contribution in [0.25, 0.3) is 0 Å². The van der Waals surface area contributed by atoms with E-state index in [4.69, 9.17) is 0 Å². The van der Waals surface area contributed by atoms with Crippen molar-refractivity contribution in [2.24, 2.45) is 5.92 Å². The number of hydrogen-bond donors (Lipinski definition) is 1. The third kappa shape index (κ3) is 4.01. The first-order valence-electron chi connectivity index (χ1n) is 7.26. The molecule has 0 aromatic heterocycles. The van der Waals surface area contributed by atoms with Crippen LogP contribution in [0.4, 0.5) is 11.4 Å². The molecule has 1 aromatic rings. The summed E-state index contributed by atoms with van der Waals surface area (Å²) < 4.78 is 0. The number of nitro benzene ring substituents is 1. The molecule has 6 nitrogen and oxygen atoms in total. The minimum Gasteiger partial charge on any atom is -0.324 e. The predicted molar refractivity (Wildman–Crippen MR) is 81.2 cm³/mol. The van der Waals surface area contributed by atoms with Crippen molar-refractivity contribution in [2.75, 3.05) is 18.4 Å². The van der Waals surface area contributed by atoms with Crippen LogP contribution >= 0.6 is 0 Å². The van der Waals surface area contributed by atoms with Crippen LogP contribution in [0.3, 0.4) is 0 Å². The summed E-state index contributed by atoms with van der Waals surface area (Å²) in [4.78, 5) is 24.7. The lowest BCUT2D eigenvalue weighted by Gasteiger charge is -2.34. The normalized spacial score (nSPS) is 18.2. The molecule has 0 aliphatic carbocycles. The van der Waals surface area contributed by atoms with Gasteiger partial charge < -0.3 is 5.32 Å². The molecule has 0 saturated carbocycles. The number of nitrogens with zero attached hydrogens (tertiary/aromatic N) is 2. The summed E-state index contributed by atoms with van der Waals surface area (Å²) >= 11 is 0. The first-order valence-corrected chi connectivity index (χ1v) is 7.26. The molecule has 1 atom stereocenters. The van der Waals surface area contributed by atoms with E-state index in [1.54, 1.807) is 12.1 Å². The van der Waals surface area contributed by atoms with Crippen molar-refractivity contribution < 1.29 is 9.72 Å². The lowest BCUT2D eigenvalue weighted by Crippen LogP contribution is -2.45. The van der Waals surface area contributed by atoms with Gasteiger partial charge in [-0.3, -0.25) is 19.8 Å². The Kier molecular flexibility index (Phi) is 4.90. The van der Waals surface area contributed by atoms with Crippen LogP contribution in [-0.2, 0) is 4.79 Å². The van der Waals surface area contributed by atoms with Crippen molar-refractivity contribution in [3.63, 3.8) is 0 Å². The standard InChI is InChI=1S/C15H21N3O3/c1-11-6-8-17(9-7-11)12(2)15(19)16-13-4-3-5-14(10-13)18(20)21/h3-5,10-12H,6-9H2,1-2H3,(H,16,19). The number of benzene rings is 1. The lowest BCUT2D eigenvalue weighted by atomic mass is 9.98. The van der Waals surface area contributed by atoms with Gasteiger partial charge in [-0.25, -0.2) is 0 Å². The van der Waals surface area contributed by atoms with Crippen LogP contribution < -0.4 is 5.32 Å². The van der Waals surface area contributed by atoms with E-state index in [0.717, 1.165) is 25.9 Å². The summed E-state index contributed by atoms with van der Waals surface area (Å²) in [5.41, 5.74) is 0.443. The quantitative estimate of drug-likeness (QED) is 0.683. The summed E-state index contributed by atoms with van der Waals surface area (Å²) in [5, 5.41) is 13.5. The molecule has 1 saturated heterocycles. The van der Waals surface area contributed by atoms with Gasteiger partial charge in [0.25, 0.3) is 5.69 Å². The molecule has 1 N–H and O–H groups in total. The van der Waals surface area contributed by atoms with E-state index in [0.29, 0.717) is 11.6 Å². The van der Waals surface area contributed by atoms with E-state index in [-0.39, 0.29) is 17.6 Å². The van der Waals surface area contributed by atoms with Crippen LogP contribution in [-0.4, -0.2) is 34.9 Å². The average molecular weight is 291 g/mol. The highest BCUT2D eigenvalue weighted by atomic mass is 16.6. The van der Waals surface area contributed by atoms with E-state index in [9.17, 15) is 14.9 Å². The fourth-order valence-corrected chi connectivity index (χ4v) is 2.53. The highest BCUT2D eigenvalue weighted by Gasteiger charge is 2.25. The first-order chi connectivity index (χ1) is 9.97. The number of amides is 1. The Hall–Kier alpha value is -1.95. The van der Waals surface area contributed by atoms with Crippen LogP contribution in [0.15, 0.2) is 24.3 Å². The highest BCUT2D eigenvalue weighted by Crippen LogP contribution is 2.20. The zero-order valence-corrected chi connectivity index (χ0v) is 12.4. The van der Waals surface area contributed by atoms with Gasteiger partial charge in [-0.2, -0.15) is 0 Å². The smallest absolute Gasteiger partial charge is 0.271 e. The highest BCUT2D eigenvalue weighted by molar-refractivity contribution is 5.94. The molecule has 1 aliphatic rings. The van der Waals surface area contributed by atoms with Crippen molar-refractivity contribution in [3.8, 4) is 0 Å². The van der Waals surface area contributed by atoms with Gasteiger partial charge in [-0.05, 0) is 44.8 Å². The van der Waals surface area contributed by atoms with Crippen molar-refractivity contribution in [1.82, 2.24) is 4.90 Å².